The van der Waals surface area contributed by atoms with Gasteiger partial charge in [-0.1, -0.05) is 36.0 Å². The molecule has 4 N–H and O–H groups in total. The fourth-order valence-electron chi connectivity index (χ4n) is 1.79. The number of benzene rings is 2. The number of nitrogens with two attached hydrogens (primary N) is 2. The van der Waals surface area contributed by atoms with Crippen LogP contribution in [0.15, 0.2) is 58.3 Å². The molecule has 0 fully saturated rings. The Hall–Kier alpha value is -1.95. The molecule has 0 amide bonds. The maximum absolute atomic E-state index is 11.4. The Bertz CT molecular complexity index is 579. The predicted molar refractivity (Wildman–Crippen MR) is 83.8 cm³/mol. The molecule has 0 radical (unpaired) electrons. The number of rotatable bonds is 6. The summed E-state index contributed by atoms with van der Waals surface area (Å²) in [6, 6.07) is 14.6. The average Bonchev–Trinajstić information content (AvgIpc) is 2.55. The Morgan fingerprint density at radius 3 is 1.33 bits per heavy atom. The van der Waals surface area contributed by atoms with Crippen LogP contribution in [0.5, 0.6) is 0 Å². The summed E-state index contributed by atoms with van der Waals surface area (Å²) < 4.78 is 0. The summed E-state index contributed by atoms with van der Waals surface area (Å²) in [5.41, 5.74) is 11.9. The molecule has 0 heterocycles. The van der Waals surface area contributed by atoms with Crippen LogP contribution in [0.2, 0.25) is 0 Å². The Morgan fingerprint density at radius 2 is 1.05 bits per heavy atom. The third-order valence-corrected chi connectivity index (χ3v) is 3.97. The molecule has 0 atom stereocenters. The predicted octanol–water partition coefficient (Wildman–Crippen LogP) is 2.12. The molecule has 4 nitrogen and oxygen atoms in total. The van der Waals surface area contributed by atoms with Crippen LogP contribution in [0.3, 0.4) is 0 Å². The van der Waals surface area contributed by atoms with E-state index in [0.29, 0.717) is 11.1 Å². The SMILES string of the molecule is NCC(=O)c1ccc(Sc2ccc(C(=O)CN)cc2)cc1. The number of carbonyl (C=O) groups is 2. The van der Waals surface area contributed by atoms with Crippen LogP contribution in [0, 0.1) is 0 Å². The van der Waals surface area contributed by atoms with E-state index in [0.717, 1.165) is 9.79 Å². The van der Waals surface area contributed by atoms with E-state index in [2.05, 4.69) is 0 Å². The zero-order chi connectivity index (χ0) is 15.2. The second kappa shape index (κ2) is 7.17. The molecule has 0 aliphatic carbocycles. The Morgan fingerprint density at radius 1 is 0.714 bits per heavy atom. The first kappa shape index (κ1) is 15.4. The van der Waals surface area contributed by atoms with Crippen LogP contribution in [0.25, 0.3) is 0 Å². The molecule has 0 unspecified atom stereocenters. The lowest BCUT2D eigenvalue weighted by Gasteiger charge is -2.04. The van der Waals surface area contributed by atoms with Crippen LogP contribution in [0.1, 0.15) is 20.7 Å². The highest BCUT2D eigenvalue weighted by atomic mass is 32.2. The van der Waals surface area contributed by atoms with Gasteiger partial charge >= 0.3 is 0 Å². The second-order valence-corrected chi connectivity index (χ2v) is 5.55. The van der Waals surface area contributed by atoms with Gasteiger partial charge in [-0.3, -0.25) is 9.59 Å². The van der Waals surface area contributed by atoms with E-state index in [1.54, 1.807) is 36.0 Å². The summed E-state index contributed by atoms with van der Waals surface area (Å²) in [7, 11) is 0. The number of hydrogen-bond acceptors (Lipinski definition) is 5. The summed E-state index contributed by atoms with van der Waals surface area (Å²) in [5.74, 6) is -0.146. The van der Waals surface area contributed by atoms with E-state index in [-0.39, 0.29) is 24.7 Å². The average molecular weight is 300 g/mol. The Balaban J connectivity index is 2.08. The maximum Gasteiger partial charge on any atom is 0.176 e. The van der Waals surface area contributed by atoms with Gasteiger partial charge in [-0.2, -0.15) is 0 Å². The molecule has 0 aliphatic rings. The number of Topliss-reactive ketones (excluding diaryl/α,β-unsaturated/α-hetero) is 2. The Kier molecular flexibility index (Phi) is 5.27. The number of carbonyl (C=O) groups excluding carboxylic acids is 2. The van der Waals surface area contributed by atoms with E-state index in [1.165, 1.54) is 0 Å². The summed E-state index contributed by atoms with van der Waals surface area (Å²) in [5, 5.41) is 0. The zero-order valence-corrected chi connectivity index (χ0v) is 12.2. The number of ketones is 2. The minimum Gasteiger partial charge on any atom is -0.324 e. The van der Waals surface area contributed by atoms with Gasteiger partial charge in [0.05, 0.1) is 13.1 Å². The minimum absolute atomic E-state index is 0.0170. The van der Waals surface area contributed by atoms with Gasteiger partial charge in [-0.15, -0.1) is 0 Å². The van der Waals surface area contributed by atoms with Crippen molar-refractivity contribution in [2.75, 3.05) is 13.1 Å². The third kappa shape index (κ3) is 4.01. The molecular weight excluding hydrogens is 284 g/mol. The van der Waals surface area contributed by atoms with Crippen molar-refractivity contribution >= 4 is 23.3 Å². The fraction of sp³-hybridized carbons (Fsp3) is 0.125. The van der Waals surface area contributed by atoms with Gasteiger partial charge < -0.3 is 11.5 Å². The summed E-state index contributed by atoms with van der Waals surface area (Å²) in [6.45, 7) is 0.0340. The molecule has 0 spiro atoms. The summed E-state index contributed by atoms with van der Waals surface area (Å²) in [4.78, 5) is 24.9. The van der Waals surface area contributed by atoms with Crippen molar-refractivity contribution in [3.8, 4) is 0 Å². The van der Waals surface area contributed by atoms with Crippen LogP contribution in [0.4, 0.5) is 0 Å². The normalized spacial score (nSPS) is 10.4. The van der Waals surface area contributed by atoms with E-state index in [4.69, 9.17) is 11.5 Å². The van der Waals surface area contributed by atoms with Crippen molar-refractivity contribution in [3.63, 3.8) is 0 Å². The molecular formula is C16H16N2O2S. The van der Waals surface area contributed by atoms with Crippen molar-refractivity contribution in [1.82, 2.24) is 0 Å². The molecule has 21 heavy (non-hydrogen) atoms. The lowest BCUT2D eigenvalue weighted by atomic mass is 10.1. The van der Waals surface area contributed by atoms with Gasteiger partial charge in [-0.05, 0) is 24.3 Å². The van der Waals surface area contributed by atoms with E-state index in [1.807, 2.05) is 24.3 Å². The zero-order valence-electron chi connectivity index (χ0n) is 11.4. The number of hydrogen-bond donors (Lipinski definition) is 2. The largest absolute Gasteiger partial charge is 0.324 e. The lowest BCUT2D eigenvalue weighted by Crippen LogP contribution is -2.13. The Labute approximate surface area is 127 Å². The molecule has 0 saturated heterocycles. The fourth-order valence-corrected chi connectivity index (χ4v) is 2.61. The van der Waals surface area contributed by atoms with Crippen LogP contribution >= 0.6 is 11.8 Å². The van der Waals surface area contributed by atoms with Crippen LogP contribution in [-0.2, 0) is 0 Å². The molecule has 5 heteroatoms. The molecule has 2 rings (SSSR count). The highest BCUT2D eigenvalue weighted by molar-refractivity contribution is 7.99. The van der Waals surface area contributed by atoms with Crippen molar-refractivity contribution in [2.24, 2.45) is 11.5 Å². The van der Waals surface area contributed by atoms with Crippen molar-refractivity contribution in [3.05, 3.63) is 59.7 Å². The first-order chi connectivity index (χ1) is 10.1. The van der Waals surface area contributed by atoms with Crippen molar-refractivity contribution < 1.29 is 9.59 Å². The smallest absolute Gasteiger partial charge is 0.176 e. The molecule has 2 aromatic rings. The molecule has 0 aliphatic heterocycles. The lowest BCUT2D eigenvalue weighted by molar-refractivity contribution is 0.0993. The maximum atomic E-state index is 11.4. The third-order valence-electron chi connectivity index (χ3n) is 2.96. The van der Waals surface area contributed by atoms with Crippen LogP contribution in [-0.4, -0.2) is 24.7 Å². The van der Waals surface area contributed by atoms with Crippen molar-refractivity contribution in [1.29, 1.82) is 0 Å². The topological polar surface area (TPSA) is 86.2 Å². The van der Waals surface area contributed by atoms with Gasteiger partial charge in [0.1, 0.15) is 0 Å². The first-order valence-electron chi connectivity index (χ1n) is 6.48. The summed E-state index contributed by atoms with van der Waals surface area (Å²) in [6.07, 6.45) is 0. The quantitative estimate of drug-likeness (QED) is 0.798. The van der Waals surface area contributed by atoms with Gasteiger partial charge in [0.15, 0.2) is 11.6 Å². The standard InChI is InChI=1S/C16H16N2O2S/c17-9-15(19)11-1-5-13(6-2-11)21-14-7-3-12(4-8-14)16(20)10-18/h1-8H,9-10,17-18H2. The monoisotopic (exact) mass is 300 g/mol. The highest BCUT2D eigenvalue weighted by Crippen LogP contribution is 2.28. The van der Waals surface area contributed by atoms with E-state index in [9.17, 15) is 9.59 Å². The van der Waals surface area contributed by atoms with Gasteiger partial charge in [0.25, 0.3) is 0 Å². The van der Waals surface area contributed by atoms with Gasteiger partial charge in [-0.25, -0.2) is 0 Å². The molecule has 0 aromatic heterocycles. The van der Waals surface area contributed by atoms with Gasteiger partial charge in [0, 0.05) is 20.9 Å². The van der Waals surface area contributed by atoms with E-state index >= 15 is 0 Å². The highest BCUT2D eigenvalue weighted by Gasteiger charge is 2.05. The first-order valence-corrected chi connectivity index (χ1v) is 7.30. The summed E-state index contributed by atoms with van der Waals surface area (Å²) >= 11 is 1.56. The minimum atomic E-state index is -0.0730. The van der Waals surface area contributed by atoms with Crippen LogP contribution < -0.4 is 11.5 Å². The van der Waals surface area contributed by atoms with Crippen molar-refractivity contribution in [2.45, 2.75) is 9.79 Å². The van der Waals surface area contributed by atoms with Gasteiger partial charge in [0.2, 0.25) is 0 Å². The second-order valence-electron chi connectivity index (χ2n) is 4.41. The molecule has 108 valence electrons. The van der Waals surface area contributed by atoms with E-state index < -0.39 is 0 Å². The molecule has 0 bridgehead atoms. The molecule has 0 saturated carbocycles. The molecule has 2 aromatic carbocycles.